The quantitative estimate of drug-likeness (QED) is 0.692. The molecule has 14 heavy (non-hydrogen) atoms. The lowest BCUT2D eigenvalue weighted by Gasteiger charge is -2.06. The fraction of sp³-hybridized carbons (Fsp3) is 0.182. The zero-order chi connectivity index (χ0) is 10.4. The maximum absolute atomic E-state index is 10.6. The molecule has 0 radical (unpaired) electrons. The third-order valence-electron chi connectivity index (χ3n) is 1.78. The van der Waals surface area contributed by atoms with Gasteiger partial charge in [0.15, 0.2) is 0 Å². The van der Waals surface area contributed by atoms with Crippen LogP contribution < -0.4 is 5.73 Å². The van der Waals surface area contributed by atoms with Gasteiger partial charge in [0.05, 0.1) is 0 Å². The summed E-state index contributed by atoms with van der Waals surface area (Å²) in [5.41, 5.74) is 5.86. The number of hydrogen-bond donors (Lipinski definition) is 1. The Kier molecular flexibility index (Phi) is 3.73. The van der Waals surface area contributed by atoms with Gasteiger partial charge in [0, 0.05) is 6.42 Å². The van der Waals surface area contributed by atoms with Crippen molar-refractivity contribution in [1.82, 2.24) is 0 Å². The summed E-state index contributed by atoms with van der Waals surface area (Å²) in [5.74, 6) is 0.591. The summed E-state index contributed by atoms with van der Waals surface area (Å²) in [6.45, 7) is 1.88. The van der Waals surface area contributed by atoms with E-state index in [0.29, 0.717) is 12.2 Å². The summed E-state index contributed by atoms with van der Waals surface area (Å²) in [6, 6.07) is 0. The SMILES string of the molecule is CC1=C(/OC(N)=O)C\C=C/C=C\C=C/1. The van der Waals surface area contributed by atoms with E-state index in [1.54, 1.807) is 0 Å². The normalized spacial score (nSPS) is 28.1. The molecule has 1 aliphatic carbocycles. The molecular weight excluding hydrogens is 178 g/mol. The van der Waals surface area contributed by atoms with Crippen molar-refractivity contribution in [3.63, 3.8) is 0 Å². The van der Waals surface area contributed by atoms with Crippen LogP contribution in [-0.2, 0) is 4.74 Å². The zero-order valence-corrected chi connectivity index (χ0v) is 8.07. The van der Waals surface area contributed by atoms with E-state index in [0.717, 1.165) is 5.57 Å². The fourth-order valence-corrected chi connectivity index (χ4v) is 1.08. The Bertz CT molecular complexity index is 335. The van der Waals surface area contributed by atoms with Crippen LogP contribution in [0.15, 0.2) is 47.8 Å². The Morgan fingerprint density at radius 2 is 2.07 bits per heavy atom. The van der Waals surface area contributed by atoms with E-state index >= 15 is 0 Å². The second kappa shape index (κ2) is 5.07. The van der Waals surface area contributed by atoms with Gasteiger partial charge in [-0.15, -0.1) is 0 Å². The van der Waals surface area contributed by atoms with E-state index in [1.165, 1.54) is 0 Å². The minimum atomic E-state index is -0.770. The molecule has 0 saturated carbocycles. The van der Waals surface area contributed by atoms with Gasteiger partial charge < -0.3 is 10.5 Å². The number of ether oxygens (including phenoxy) is 1. The average Bonchev–Trinajstić information content (AvgIpc) is 2.20. The van der Waals surface area contributed by atoms with Gasteiger partial charge in [0.1, 0.15) is 5.76 Å². The van der Waals surface area contributed by atoms with Crippen molar-refractivity contribution in [3.05, 3.63) is 47.8 Å². The number of allylic oxidation sites excluding steroid dienone is 7. The lowest BCUT2D eigenvalue weighted by Crippen LogP contribution is -2.13. The summed E-state index contributed by atoms with van der Waals surface area (Å²) in [5, 5.41) is 0. The highest BCUT2D eigenvalue weighted by Crippen LogP contribution is 2.13. The van der Waals surface area contributed by atoms with Gasteiger partial charge in [-0.05, 0) is 12.5 Å². The molecule has 0 atom stereocenters. The lowest BCUT2D eigenvalue weighted by atomic mass is 10.2. The first kappa shape index (κ1) is 10.3. The third kappa shape index (κ3) is 3.31. The molecule has 3 heteroatoms. The first-order chi connectivity index (χ1) is 6.70. The first-order valence-electron chi connectivity index (χ1n) is 4.37. The number of rotatable bonds is 1. The van der Waals surface area contributed by atoms with Crippen molar-refractivity contribution in [2.45, 2.75) is 13.3 Å². The summed E-state index contributed by atoms with van der Waals surface area (Å²) in [7, 11) is 0. The molecule has 0 unspecified atom stereocenters. The molecule has 0 aromatic heterocycles. The van der Waals surface area contributed by atoms with Crippen molar-refractivity contribution in [1.29, 1.82) is 0 Å². The van der Waals surface area contributed by atoms with Crippen LogP contribution in [0.2, 0.25) is 0 Å². The third-order valence-corrected chi connectivity index (χ3v) is 1.78. The molecule has 0 aromatic carbocycles. The largest absolute Gasteiger partial charge is 0.414 e. The van der Waals surface area contributed by atoms with E-state index < -0.39 is 6.09 Å². The molecule has 1 rings (SSSR count). The Balaban J connectivity index is 2.87. The van der Waals surface area contributed by atoms with Gasteiger partial charge in [-0.2, -0.15) is 0 Å². The van der Waals surface area contributed by atoms with Crippen molar-refractivity contribution < 1.29 is 9.53 Å². The second-order valence-corrected chi connectivity index (χ2v) is 2.90. The van der Waals surface area contributed by atoms with Crippen molar-refractivity contribution in [2.75, 3.05) is 0 Å². The molecule has 0 spiro atoms. The van der Waals surface area contributed by atoms with Crippen LogP contribution in [0.25, 0.3) is 0 Å². The molecule has 0 fully saturated rings. The summed E-state index contributed by atoms with van der Waals surface area (Å²) in [4.78, 5) is 10.6. The van der Waals surface area contributed by atoms with E-state index in [2.05, 4.69) is 0 Å². The van der Waals surface area contributed by atoms with Crippen LogP contribution in [0.5, 0.6) is 0 Å². The smallest absolute Gasteiger partial charge is 0.409 e. The predicted octanol–water partition coefficient (Wildman–Crippen LogP) is 2.43. The molecule has 0 bridgehead atoms. The minimum absolute atomic E-state index is 0.573. The van der Waals surface area contributed by atoms with E-state index in [1.807, 2.05) is 43.4 Å². The summed E-state index contributed by atoms with van der Waals surface area (Å²) >= 11 is 0. The second-order valence-electron chi connectivity index (χ2n) is 2.90. The van der Waals surface area contributed by atoms with Gasteiger partial charge in [0.25, 0.3) is 0 Å². The molecule has 0 aliphatic heterocycles. The van der Waals surface area contributed by atoms with Crippen LogP contribution in [0.1, 0.15) is 13.3 Å². The van der Waals surface area contributed by atoms with Crippen LogP contribution in [-0.4, -0.2) is 6.09 Å². The van der Waals surface area contributed by atoms with Crippen LogP contribution >= 0.6 is 0 Å². The number of carbonyl (C=O) groups excluding carboxylic acids is 1. The Hall–Kier alpha value is -1.77. The highest BCUT2D eigenvalue weighted by molar-refractivity contribution is 5.66. The van der Waals surface area contributed by atoms with Gasteiger partial charge in [-0.1, -0.05) is 36.5 Å². The van der Waals surface area contributed by atoms with Crippen LogP contribution in [0, 0.1) is 0 Å². The number of amides is 1. The van der Waals surface area contributed by atoms with Gasteiger partial charge in [-0.25, -0.2) is 4.79 Å². The van der Waals surface area contributed by atoms with Crippen molar-refractivity contribution >= 4 is 6.09 Å². The first-order valence-corrected chi connectivity index (χ1v) is 4.37. The average molecular weight is 191 g/mol. The minimum Gasteiger partial charge on any atom is -0.414 e. The summed E-state index contributed by atoms with van der Waals surface area (Å²) in [6.07, 6.45) is 11.2. The van der Waals surface area contributed by atoms with Crippen molar-refractivity contribution in [3.8, 4) is 0 Å². The monoisotopic (exact) mass is 191 g/mol. The predicted molar refractivity (Wildman–Crippen MR) is 55.4 cm³/mol. The number of carbonyl (C=O) groups is 1. The number of nitrogens with two attached hydrogens (primary N) is 1. The van der Waals surface area contributed by atoms with Gasteiger partial charge in [-0.3, -0.25) is 0 Å². The molecular formula is C11H13NO2. The van der Waals surface area contributed by atoms with Crippen molar-refractivity contribution in [2.24, 2.45) is 5.73 Å². The Labute approximate surface area is 83.2 Å². The highest BCUT2D eigenvalue weighted by atomic mass is 16.5. The van der Waals surface area contributed by atoms with Gasteiger partial charge >= 0.3 is 6.09 Å². The molecule has 74 valence electrons. The molecule has 2 N–H and O–H groups in total. The molecule has 0 aromatic rings. The molecule has 1 amide bonds. The number of primary amides is 1. The van der Waals surface area contributed by atoms with E-state index in [-0.39, 0.29) is 0 Å². The fourth-order valence-electron chi connectivity index (χ4n) is 1.08. The van der Waals surface area contributed by atoms with E-state index in [9.17, 15) is 4.79 Å². The van der Waals surface area contributed by atoms with Crippen LogP contribution in [0.4, 0.5) is 4.79 Å². The molecule has 0 saturated heterocycles. The highest BCUT2D eigenvalue weighted by Gasteiger charge is 2.04. The zero-order valence-electron chi connectivity index (χ0n) is 8.07. The maximum atomic E-state index is 10.6. The lowest BCUT2D eigenvalue weighted by molar-refractivity contribution is 0.184. The Morgan fingerprint density at radius 1 is 1.36 bits per heavy atom. The molecule has 0 heterocycles. The maximum Gasteiger partial charge on any atom is 0.409 e. The Morgan fingerprint density at radius 3 is 2.79 bits per heavy atom. The standard InChI is InChI=1S/C11H13NO2/c1-9-7-5-3-2-4-6-8-10(9)14-11(12)13/h2-7H,8H2,1H3,(H2,12,13)/b3-2-,6-4-,7-5-,10-9+. The van der Waals surface area contributed by atoms with E-state index in [4.69, 9.17) is 10.5 Å². The topological polar surface area (TPSA) is 52.3 Å². The summed E-state index contributed by atoms with van der Waals surface area (Å²) < 4.78 is 4.88. The van der Waals surface area contributed by atoms with Gasteiger partial charge in [0.2, 0.25) is 0 Å². The van der Waals surface area contributed by atoms with Crippen LogP contribution in [0.3, 0.4) is 0 Å². The molecule has 3 nitrogen and oxygen atoms in total. The number of hydrogen-bond acceptors (Lipinski definition) is 2. The molecule has 1 aliphatic rings.